The van der Waals surface area contributed by atoms with Crippen LogP contribution in [-0.4, -0.2) is 42.5 Å². The number of rotatable bonds is 10. The number of carbonyl (C=O) groups excluding carboxylic acids is 2. The van der Waals surface area contributed by atoms with E-state index in [2.05, 4.69) is 5.32 Å². The number of hydrogen-bond acceptors (Lipinski definition) is 4. The average molecular weight is 473 g/mol. The molecule has 1 atom stereocenters. The number of carbonyl (C=O) groups is 2. The molecule has 0 saturated carbocycles. The van der Waals surface area contributed by atoms with Crippen molar-refractivity contribution in [2.45, 2.75) is 38.8 Å². The molecule has 1 aliphatic rings. The predicted octanol–water partition coefficient (Wildman–Crippen LogP) is 4.17. The van der Waals surface area contributed by atoms with Crippen LogP contribution in [0, 0.1) is 0 Å². The summed E-state index contributed by atoms with van der Waals surface area (Å²) in [4.78, 5) is 28.6. The van der Waals surface area contributed by atoms with Crippen LogP contribution in [0.3, 0.4) is 0 Å². The Morgan fingerprint density at radius 2 is 1.51 bits per heavy atom. The van der Waals surface area contributed by atoms with Gasteiger partial charge in [0.05, 0.1) is 0 Å². The quantitative estimate of drug-likeness (QED) is 0.481. The van der Waals surface area contributed by atoms with Crippen molar-refractivity contribution >= 4 is 11.8 Å². The molecular formula is C29H32N2O4. The molecule has 4 rings (SSSR count). The molecule has 1 heterocycles. The number of amides is 2. The molecule has 1 aliphatic heterocycles. The minimum Gasteiger partial charge on any atom is -0.486 e. The van der Waals surface area contributed by atoms with Crippen LogP contribution in [0.4, 0.5) is 0 Å². The molecule has 0 aromatic heterocycles. The number of nitrogens with zero attached hydrogens (tertiary/aromatic N) is 1. The molecule has 0 saturated heterocycles. The van der Waals surface area contributed by atoms with Crippen LogP contribution in [0.25, 0.3) is 0 Å². The lowest BCUT2D eigenvalue weighted by Gasteiger charge is -2.31. The fraction of sp³-hybridized carbons (Fsp3) is 0.310. The molecule has 1 N–H and O–H groups in total. The van der Waals surface area contributed by atoms with Crippen molar-refractivity contribution in [2.75, 3.05) is 19.8 Å². The lowest BCUT2D eigenvalue weighted by molar-refractivity contribution is -0.141. The van der Waals surface area contributed by atoms with Crippen LogP contribution in [-0.2, 0) is 29.0 Å². The Morgan fingerprint density at radius 1 is 0.857 bits per heavy atom. The number of benzene rings is 3. The second-order valence-corrected chi connectivity index (χ2v) is 8.59. The van der Waals surface area contributed by atoms with Crippen molar-refractivity contribution in [2.24, 2.45) is 0 Å². The average Bonchev–Trinajstić information content (AvgIpc) is 2.90. The van der Waals surface area contributed by atoms with Crippen LogP contribution in [0.5, 0.6) is 11.5 Å². The van der Waals surface area contributed by atoms with Gasteiger partial charge in [0.1, 0.15) is 19.3 Å². The number of ether oxygens (including phenoxy) is 2. The zero-order valence-electron chi connectivity index (χ0n) is 20.1. The molecule has 182 valence electrons. The topological polar surface area (TPSA) is 67.9 Å². The van der Waals surface area contributed by atoms with E-state index in [0.29, 0.717) is 44.9 Å². The van der Waals surface area contributed by atoms with Gasteiger partial charge in [-0.25, -0.2) is 0 Å². The monoisotopic (exact) mass is 472 g/mol. The van der Waals surface area contributed by atoms with Crippen molar-refractivity contribution in [3.63, 3.8) is 0 Å². The molecule has 2 amide bonds. The molecule has 6 heteroatoms. The van der Waals surface area contributed by atoms with Crippen molar-refractivity contribution < 1.29 is 19.1 Å². The third-order valence-corrected chi connectivity index (χ3v) is 6.05. The van der Waals surface area contributed by atoms with Gasteiger partial charge in [0.25, 0.3) is 0 Å². The van der Waals surface area contributed by atoms with Crippen LogP contribution < -0.4 is 14.8 Å². The number of likely N-dealkylation sites (N-methyl/N-ethyl adjacent to an activating group) is 1. The maximum absolute atomic E-state index is 13.6. The summed E-state index contributed by atoms with van der Waals surface area (Å²) in [6.07, 6.45) is 1.29. The summed E-state index contributed by atoms with van der Waals surface area (Å²) in [6, 6.07) is 24.8. The second-order valence-electron chi connectivity index (χ2n) is 8.59. The summed E-state index contributed by atoms with van der Waals surface area (Å²) in [5, 5.41) is 2.93. The van der Waals surface area contributed by atoms with Gasteiger partial charge >= 0.3 is 0 Å². The summed E-state index contributed by atoms with van der Waals surface area (Å²) in [5.74, 6) is 1.25. The molecule has 0 radical (unpaired) electrons. The summed E-state index contributed by atoms with van der Waals surface area (Å²) in [5.41, 5.74) is 3.00. The molecule has 3 aromatic carbocycles. The predicted molar refractivity (Wildman–Crippen MR) is 135 cm³/mol. The summed E-state index contributed by atoms with van der Waals surface area (Å²) in [7, 11) is 0. The lowest BCUT2D eigenvalue weighted by atomic mass is 10.0. The van der Waals surface area contributed by atoms with E-state index in [9.17, 15) is 9.59 Å². The van der Waals surface area contributed by atoms with Crippen molar-refractivity contribution in [1.29, 1.82) is 0 Å². The fourth-order valence-corrected chi connectivity index (χ4v) is 4.26. The van der Waals surface area contributed by atoms with Crippen LogP contribution in [0.2, 0.25) is 0 Å². The normalized spacial score (nSPS) is 13.1. The smallest absolute Gasteiger partial charge is 0.243 e. The lowest BCUT2D eigenvalue weighted by Crippen LogP contribution is -2.50. The van der Waals surface area contributed by atoms with E-state index in [1.807, 2.05) is 85.8 Å². The Bertz CT molecular complexity index is 1120. The van der Waals surface area contributed by atoms with Gasteiger partial charge < -0.3 is 19.7 Å². The first-order chi connectivity index (χ1) is 17.1. The molecule has 0 fully saturated rings. The van der Waals surface area contributed by atoms with Gasteiger partial charge in [0.15, 0.2) is 11.5 Å². The van der Waals surface area contributed by atoms with E-state index in [0.717, 1.165) is 22.4 Å². The summed E-state index contributed by atoms with van der Waals surface area (Å²) < 4.78 is 11.3. The van der Waals surface area contributed by atoms with E-state index >= 15 is 0 Å². The molecule has 6 nitrogen and oxygen atoms in total. The first-order valence-electron chi connectivity index (χ1n) is 12.2. The molecule has 0 bridgehead atoms. The zero-order chi connectivity index (χ0) is 24.5. The van der Waals surface area contributed by atoms with E-state index in [1.54, 1.807) is 4.90 Å². The van der Waals surface area contributed by atoms with Gasteiger partial charge in [-0.2, -0.15) is 0 Å². The Morgan fingerprint density at radius 3 is 2.20 bits per heavy atom. The SMILES string of the molecule is CCNC(=O)[C@@H](Cc1ccccc1)N(Cc1ccccc1)C(=O)CCc1ccc2c(c1)OCCO2. The Balaban J connectivity index is 1.56. The van der Waals surface area contributed by atoms with Gasteiger partial charge in [-0.3, -0.25) is 9.59 Å². The van der Waals surface area contributed by atoms with Crippen molar-refractivity contribution in [3.8, 4) is 11.5 Å². The Kier molecular flexibility index (Phi) is 8.39. The standard InChI is InChI=1S/C29H32N2O4/c1-2-30-29(33)25(19-22-9-5-3-6-10-22)31(21-24-11-7-4-8-12-24)28(32)16-14-23-13-15-26-27(20-23)35-18-17-34-26/h3-13,15,20,25H,2,14,16-19,21H2,1H3,(H,30,33)/t25-/m1/s1. The van der Waals surface area contributed by atoms with Crippen molar-refractivity contribution in [1.82, 2.24) is 10.2 Å². The zero-order valence-corrected chi connectivity index (χ0v) is 20.1. The van der Waals surface area contributed by atoms with Crippen LogP contribution in [0.1, 0.15) is 30.0 Å². The molecule has 35 heavy (non-hydrogen) atoms. The van der Waals surface area contributed by atoms with E-state index < -0.39 is 6.04 Å². The minimum absolute atomic E-state index is 0.0593. The third kappa shape index (κ3) is 6.63. The van der Waals surface area contributed by atoms with Crippen LogP contribution >= 0.6 is 0 Å². The highest BCUT2D eigenvalue weighted by molar-refractivity contribution is 5.88. The highest BCUT2D eigenvalue weighted by Gasteiger charge is 2.30. The van der Waals surface area contributed by atoms with E-state index in [1.165, 1.54) is 0 Å². The minimum atomic E-state index is -0.606. The fourth-order valence-electron chi connectivity index (χ4n) is 4.26. The van der Waals surface area contributed by atoms with E-state index in [-0.39, 0.29) is 18.2 Å². The van der Waals surface area contributed by atoms with Crippen molar-refractivity contribution in [3.05, 3.63) is 95.6 Å². The molecule has 0 spiro atoms. The highest BCUT2D eigenvalue weighted by atomic mass is 16.6. The van der Waals surface area contributed by atoms with Gasteiger partial charge in [0, 0.05) is 25.9 Å². The summed E-state index contributed by atoms with van der Waals surface area (Å²) in [6.45, 7) is 3.84. The molecule has 0 unspecified atom stereocenters. The largest absolute Gasteiger partial charge is 0.486 e. The number of aryl methyl sites for hydroxylation is 1. The first-order valence-corrected chi connectivity index (χ1v) is 12.2. The number of hydrogen-bond donors (Lipinski definition) is 1. The summed E-state index contributed by atoms with van der Waals surface area (Å²) >= 11 is 0. The maximum atomic E-state index is 13.6. The molecule has 0 aliphatic carbocycles. The Labute approximate surface area is 206 Å². The number of fused-ring (bicyclic) bond motifs is 1. The Hall–Kier alpha value is -3.80. The number of nitrogens with one attached hydrogen (secondary N) is 1. The van der Waals surface area contributed by atoms with Gasteiger partial charge in [0.2, 0.25) is 11.8 Å². The third-order valence-electron chi connectivity index (χ3n) is 6.05. The second kappa shape index (κ2) is 12.1. The molecule has 3 aromatic rings. The van der Waals surface area contributed by atoms with Gasteiger partial charge in [-0.1, -0.05) is 66.7 Å². The highest BCUT2D eigenvalue weighted by Crippen LogP contribution is 2.31. The van der Waals surface area contributed by atoms with Crippen LogP contribution in [0.15, 0.2) is 78.9 Å². The van der Waals surface area contributed by atoms with Gasteiger partial charge in [-0.15, -0.1) is 0 Å². The van der Waals surface area contributed by atoms with E-state index in [4.69, 9.17) is 9.47 Å². The molecular weight excluding hydrogens is 440 g/mol. The van der Waals surface area contributed by atoms with Gasteiger partial charge in [-0.05, 0) is 42.2 Å². The first kappa shape index (κ1) is 24.3. The maximum Gasteiger partial charge on any atom is 0.243 e.